The monoisotopic (exact) mass is 439 g/mol. The van der Waals surface area contributed by atoms with Gasteiger partial charge in [-0.15, -0.1) is 11.3 Å². The van der Waals surface area contributed by atoms with Crippen LogP contribution in [-0.4, -0.2) is 36.2 Å². The van der Waals surface area contributed by atoms with Crippen LogP contribution in [0.4, 0.5) is 10.2 Å². The first-order valence-electron chi connectivity index (χ1n) is 10.1. The molecule has 0 fully saturated rings. The van der Waals surface area contributed by atoms with Gasteiger partial charge in [0.2, 0.25) is 5.91 Å². The zero-order chi connectivity index (χ0) is 22.4. The number of anilines is 1. The van der Waals surface area contributed by atoms with Gasteiger partial charge in [0, 0.05) is 37.7 Å². The van der Waals surface area contributed by atoms with Crippen molar-refractivity contribution in [3.8, 4) is 0 Å². The average Bonchev–Trinajstić information content (AvgIpc) is 3.09. The van der Waals surface area contributed by atoms with Gasteiger partial charge >= 0.3 is 0 Å². The number of aromatic nitrogens is 1. The molecule has 3 aromatic rings. The Morgan fingerprint density at radius 2 is 2.16 bits per heavy atom. The molecular formula is C24H26FN3O2S. The molecule has 0 aliphatic rings. The molecule has 0 saturated heterocycles. The third-order valence-corrected chi connectivity index (χ3v) is 6.48. The van der Waals surface area contributed by atoms with Crippen molar-refractivity contribution in [2.45, 2.75) is 32.7 Å². The number of aldehydes is 1. The second kappa shape index (κ2) is 10.3. The Bertz CT molecular complexity index is 1120. The third-order valence-electron chi connectivity index (χ3n) is 5.18. The fraction of sp³-hybridized carbons (Fsp3) is 0.292. The number of benzene rings is 1. The highest BCUT2D eigenvalue weighted by Crippen LogP contribution is 2.33. The molecule has 0 radical (unpaired) electrons. The zero-order valence-corrected chi connectivity index (χ0v) is 18.8. The second-order valence-electron chi connectivity index (χ2n) is 7.38. The molecule has 5 nitrogen and oxygen atoms in total. The number of carbonyl (C=O) groups is 2. The van der Waals surface area contributed by atoms with Gasteiger partial charge in [-0.1, -0.05) is 12.1 Å². The number of unbranched alkanes of at least 4 members (excludes halogenated alkanes) is 1. The van der Waals surface area contributed by atoms with Crippen molar-refractivity contribution in [3.05, 3.63) is 63.9 Å². The van der Waals surface area contributed by atoms with E-state index in [1.54, 1.807) is 37.3 Å². The lowest BCUT2D eigenvalue weighted by Crippen LogP contribution is -2.23. The molecule has 3 rings (SSSR count). The van der Waals surface area contributed by atoms with Crippen molar-refractivity contribution >= 4 is 45.5 Å². The fourth-order valence-electron chi connectivity index (χ4n) is 3.41. The van der Waals surface area contributed by atoms with E-state index in [0.29, 0.717) is 17.7 Å². The van der Waals surface area contributed by atoms with Gasteiger partial charge in [0.25, 0.3) is 0 Å². The van der Waals surface area contributed by atoms with E-state index in [1.165, 1.54) is 23.5 Å². The first-order chi connectivity index (χ1) is 14.9. The highest BCUT2D eigenvalue weighted by Gasteiger charge is 2.15. The summed E-state index contributed by atoms with van der Waals surface area (Å²) >= 11 is 1.39. The van der Waals surface area contributed by atoms with Crippen molar-refractivity contribution in [1.29, 1.82) is 0 Å². The minimum Gasteiger partial charge on any atom is -0.373 e. The maximum Gasteiger partial charge on any atom is 0.246 e. The van der Waals surface area contributed by atoms with Crippen molar-refractivity contribution in [2.75, 3.05) is 19.4 Å². The predicted octanol–water partition coefficient (Wildman–Crippen LogP) is 4.98. The van der Waals surface area contributed by atoms with Gasteiger partial charge in [-0.2, -0.15) is 0 Å². The summed E-state index contributed by atoms with van der Waals surface area (Å²) in [6, 6.07) is 7.05. The van der Waals surface area contributed by atoms with E-state index in [4.69, 9.17) is 0 Å². The van der Waals surface area contributed by atoms with Crippen LogP contribution >= 0.6 is 11.3 Å². The first kappa shape index (κ1) is 22.6. The van der Waals surface area contributed by atoms with Crippen molar-refractivity contribution in [3.63, 3.8) is 0 Å². The topological polar surface area (TPSA) is 62.3 Å². The van der Waals surface area contributed by atoms with Gasteiger partial charge in [0.1, 0.15) is 17.9 Å². The van der Waals surface area contributed by atoms with E-state index in [2.05, 4.69) is 10.3 Å². The van der Waals surface area contributed by atoms with Gasteiger partial charge in [-0.3, -0.25) is 4.79 Å². The summed E-state index contributed by atoms with van der Waals surface area (Å²) in [7, 11) is 3.54. The molecule has 0 bridgehead atoms. The lowest BCUT2D eigenvalue weighted by atomic mass is 10.1. The van der Waals surface area contributed by atoms with Crippen LogP contribution in [0.25, 0.3) is 16.2 Å². The van der Waals surface area contributed by atoms with Crippen LogP contribution < -0.4 is 5.32 Å². The number of rotatable bonds is 9. The number of carbonyl (C=O) groups excluding carboxylic acids is 2. The average molecular weight is 440 g/mol. The minimum atomic E-state index is -0.229. The molecule has 2 heterocycles. The van der Waals surface area contributed by atoms with Crippen LogP contribution in [0.15, 0.2) is 36.5 Å². The van der Waals surface area contributed by atoms with E-state index < -0.39 is 0 Å². The number of thiophene rings is 1. The summed E-state index contributed by atoms with van der Waals surface area (Å²) in [6.45, 7) is 2.38. The second-order valence-corrected chi connectivity index (χ2v) is 8.48. The molecule has 0 aliphatic heterocycles. The lowest BCUT2D eigenvalue weighted by molar-refractivity contribution is -0.125. The Balaban J connectivity index is 1.71. The van der Waals surface area contributed by atoms with Crippen LogP contribution in [0.2, 0.25) is 0 Å². The summed E-state index contributed by atoms with van der Waals surface area (Å²) in [5.41, 5.74) is 2.84. The number of halogens is 1. The summed E-state index contributed by atoms with van der Waals surface area (Å²) in [5.74, 6) is 0.406. The van der Waals surface area contributed by atoms with E-state index in [9.17, 15) is 14.0 Å². The molecule has 162 valence electrons. The summed E-state index contributed by atoms with van der Waals surface area (Å²) in [4.78, 5) is 30.2. The van der Waals surface area contributed by atoms with E-state index in [0.717, 1.165) is 51.9 Å². The molecule has 7 heteroatoms. The molecular weight excluding hydrogens is 413 g/mol. The number of amides is 1. The Morgan fingerprint density at radius 1 is 1.35 bits per heavy atom. The molecule has 1 amide bonds. The highest BCUT2D eigenvalue weighted by atomic mass is 32.1. The quantitative estimate of drug-likeness (QED) is 0.290. The standard InChI is InChI=1S/C24H26FN3O2S/c1-16-19-8-6-9-20(25)23(19)31-21(16)15-28(3)22(30)11-10-17-13-18(7-4-5-12-29)24(26-2)27-14-17/h6,8-14H,4-5,7,15H2,1-3H3,(H,26,27)/b11-10+. The molecule has 1 aromatic carbocycles. The van der Waals surface area contributed by atoms with Crippen LogP contribution in [-0.2, 0) is 22.6 Å². The fourth-order valence-corrected chi connectivity index (χ4v) is 4.67. The Morgan fingerprint density at radius 3 is 2.87 bits per heavy atom. The zero-order valence-electron chi connectivity index (χ0n) is 17.9. The van der Waals surface area contributed by atoms with Crippen LogP contribution in [0.1, 0.15) is 34.4 Å². The number of likely N-dealkylation sites (N-methyl/N-ethyl adjacent to an activating group) is 1. The van der Waals surface area contributed by atoms with E-state index in [1.807, 2.05) is 19.1 Å². The summed E-state index contributed by atoms with van der Waals surface area (Å²) in [6.07, 6.45) is 7.88. The Kier molecular flexibility index (Phi) is 7.52. The normalized spacial score (nSPS) is 11.2. The largest absolute Gasteiger partial charge is 0.373 e. The van der Waals surface area contributed by atoms with Gasteiger partial charge < -0.3 is 15.0 Å². The number of aryl methyl sites for hydroxylation is 2. The summed E-state index contributed by atoms with van der Waals surface area (Å²) in [5, 5.41) is 3.95. The van der Waals surface area contributed by atoms with Crippen LogP contribution in [0.5, 0.6) is 0 Å². The van der Waals surface area contributed by atoms with Crippen LogP contribution in [0.3, 0.4) is 0 Å². The van der Waals surface area contributed by atoms with Gasteiger partial charge in [-0.25, -0.2) is 9.37 Å². The number of hydrogen-bond acceptors (Lipinski definition) is 5. The van der Waals surface area contributed by atoms with Gasteiger partial charge in [0.15, 0.2) is 0 Å². The lowest BCUT2D eigenvalue weighted by Gasteiger charge is -2.14. The smallest absolute Gasteiger partial charge is 0.246 e. The first-order valence-corrected chi connectivity index (χ1v) is 11.0. The summed E-state index contributed by atoms with van der Waals surface area (Å²) < 4.78 is 14.7. The number of nitrogens with zero attached hydrogens (tertiary/aromatic N) is 2. The molecule has 0 atom stereocenters. The molecule has 0 aliphatic carbocycles. The number of nitrogens with one attached hydrogen (secondary N) is 1. The SMILES string of the molecule is CNc1ncc(/C=C/C(=O)N(C)Cc2sc3c(F)cccc3c2C)cc1CCCC=O. The molecule has 2 aromatic heterocycles. The third kappa shape index (κ3) is 5.35. The minimum absolute atomic E-state index is 0.141. The van der Waals surface area contributed by atoms with Crippen molar-refractivity contribution in [2.24, 2.45) is 0 Å². The maximum absolute atomic E-state index is 14.1. The predicted molar refractivity (Wildman–Crippen MR) is 125 cm³/mol. The van der Waals surface area contributed by atoms with Gasteiger partial charge in [0.05, 0.1) is 11.2 Å². The Labute approximate surface area is 185 Å². The molecule has 0 saturated carbocycles. The van der Waals surface area contributed by atoms with Gasteiger partial charge in [-0.05, 0) is 60.1 Å². The number of hydrogen-bond donors (Lipinski definition) is 1. The highest BCUT2D eigenvalue weighted by molar-refractivity contribution is 7.19. The Hall–Kier alpha value is -3.06. The molecule has 0 unspecified atom stereocenters. The molecule has 0 spiro atoms. The van der Waals surface area contributed by atoms with Crippen LogP contribution in [0, 0.1) is 12.7 Å². The van der Waals surface area contributed by atoms with E-state index in [-0.39, 0.29) is 11.7 Å². The molecule has 31 heavy (non-hydrogen) atoms. The van der Waals surface area contributed by atoms with Crippen molar-refractivity contribution < 1.29 is 14.0 Å². The van der Waals surface area contributed by atoms with E-state index >= 15 is 0 Å². The van der Waals surface area contributed by atoms with Crippen molar-refractivity contribution in [1.82, 2.24) is 9.88 Å². The number of pyridine rings is 1. The number of fused-ring (bicyclic) bond motifs is 1. The maximum atomic E-state index is 14.1. The molecule has 1 N–H and O–H groups in total.